The Balaban J connectivity index is 1.53. The number of alkyl halides is 2. The highest BCUT2D eigenvalue weighted by atomic mass is 19.3. The maximum absolute atomic E-state index is 13.9. The molecular weight excluding hydrogens is 522 g/mol. The van der Waals surface area contributed by atoms with Crippen LogP contribution in [0, 0.1) is 0 Å². The van der Waals surface area contributed by atoms with Gasteiger partial charge in [-0.1, -0.05) is 19.1 Å². The van der Waals surface area contributed by atoms with Crippen LogP contribution >= 0.6 is 0 Å². The van der Waals surface area contributed by atoms with Gasteiger partial charge in [0.25, 0.3) is 5.91 Å². The number of carbonyl (C=O) groups is 2. The van der Waals surface area contributed by atoms with E-state index in [0.29, 0.717) is 36.8 Å². The number of H-pyrrole nitrogens is 1. The highest BCUT2D eigenvalue weighted by Gasteiger charge is 2.59. The number of ether oxygens (including phenoxy) is 1. The Morgan fingerprint density at radius 2 is 2.00 bits per heavy atom. The van der Waals surface area contributed by atoms with E-state index in [1.54, 1.807) is 42.2 Å². The monoisotopic (exact) mass is 556 g/mol. The summed E-state index contributed by atoms with van der Waals surface area (Å²) < 4.78 is 30.5. The predicted molar refractivity (Wildman–Crippen MR) is 144 cm³/mol. The number of nitrogens with one attached hydrogen (secondary N) is 1. The molecule has 0 aliphatic carbocycles. The number of benzene rings is 2. The molecule has 2 aliphatic heterocycles. The number of urea groups is 1. The van der Waals surface area contributed by atoms with Crippen molar-refractivity contribution in [2.45, 2.75) is 51.3 Å². The molecule has 2 aromatic carbocycles. The number of rotatable bonds is 11. The predicted octanol–water partition coefficient (Wildman–Crippen LogP) is 4.04. The van der Waals surface area contributed by atoms with Gasteiger partial charge < -0.3 is 29.7 Å². The van der Waals surface area contributed by atoms with Crippen LogP contribution < -0.4 is 4.74 Å². The number of carbonyl (C=O) groups excluding carboxylic acids is 2. The number of aromatic amines is 1. The quantitative estimate of drug-likeness (QED) is 0.308. The number of hydrogen-bond donors (Lipinski definition) is 3. The van der Waals surface area contributed by atoms with Gasteiger partial charge in [-0.2, -0.15) is 8.78 Å². The summed E-state index contributed by atoms with van der Waals surface area (Å²) in [6.45, 7) is 2.96. The standard InChI is InChI=1S/C29H34F2N4O5/c1-3-33(12-13-36)10-5-11-34-26(38)29(2)17-22-21-16-20(40-27(30)31)8-9-23(21)32-25(22)24(35(29)28(34)39)15-18-6-4-7-19(37)14-18/h4,6-9,14,16,24,27,32,36-37H,3,5,10-13,15,17H2,1-2H3/t24?,29-/m0/s1. The van der Waals surface area contributed by atoms with E-state index in [1.165, 1.54) is 11.0 Å². The van der Waals surface area contributed by atoms with Crippen molar-refractivity contribution in [2.75, 3.05) is 32.8 Å². The van der Waals surface area contributed by atoms with E-state index in [-0.39, 0.29) is 43.0 Å². The molecule has 2 atom stereocenters. The molecule has 0 saturated carbocycles. The fraction of sp³-hybridized carbons (Fsp3) is 0.448. The Morgan fingerprint density at radius 1 is 1.20 bits per heavy atom. The Bertz CT molecular complexity index is 1410. The average molecular weight is 557 g/mol. The van der Waals surface area contributed by atoms with Gasteiger partial charge in [-0.15, -0.1) is 0 Å². The van der Waals surface area contributed by atoms with Crippen LogP contribution in [-0.2, 0) is 17.6 Å². The largest absolute Gasteiger partial charge is 0.508 e. The zero-order valence-electron chi connectivity index (χ0n) is 22.6. The minimum atomic E-state index is -2.97. The smallest absolute Gasteiger partial charge is 0.387 e. The summed E-state index contributed by atoms with van der Waals surface area (Å²) >= 11 is 0. The summed E-state index contributed by atoms with van der Waals surface area (Å²) in [7, 11) is 0. The summed E-state index contributed by atoms with van der Waals surface area (Å²) in [6, 6.07) is 10.5. The van der Waals surface area contributed by atoms with E-state index in [4.69, 9.17) is 0 Å². The maximum atomic E-state index is 13.9. The molecule has 1 aromatic heterocycles. The number of halogens is 2. The van der Waals surface area contributed by atoms with Gasteiger partial charge in [0, 0.05) is 36.1 Å². The van der Waals surface area contributed by atoms with Crippen LogP contribution in [0.3, 0.4) is 0 Å². The lowest BCUT2D eigenvalue weighted by molar-refractivity contribution is -0.133. The number of imide groups is 1. The van der Waals surface area contributed by atoms with Gasteiger partial charge >= 0.3 is 12.6 Å². The van der Waals surface area contributed by atoms with E-state index in [0.717, 1.165) is 23.4 Å². The van der Waals surface area contributed by atoms with Gasteiger partial charge in [-0.3, -0.25) is 9.69 Å². The van der Waals surface area contributed by atoms with Crippen LogP contribution in [0.5, 0.6) is 11.5 Å². The van der Waals surface area contributed by atoms with E-state index >= 15 is 0 Å². The molecule has 40 heavy (non-hydrogen) atoms. The minimum Gasteiger partial charge on any atom is -0.508 e. The summed E-state index contributed by atoms with van der Waals surface area (Å²) in [5.41, 5.74) is 1.80. The molecule has 0 spiro atoms. The van der Waals surface area contributed by atoms with Crippen molar-refractivity contribution >= 4 is 22.8 Å². The second-order valence-corrected chi connectivity index (χ2v) is 10.6. The van der Waals surface area contributed by atoms with E-state index in [2.05, 4.69) is 14.6 Å². The number of amides is 3. The number of aliphatic hydroxyl groups is 1. The second kappa shape index (κ2) is 11.1. The van der Waals surface area contributed by atoms with Gasteiger partial charge in [0.2, 0.25) is 0 Å². The van der Waals surface area contributed by atoms with Gasteiger partial charge in [0.05, 0.1) is 12.6 Å². The van der Waals surface area contributed by atoms with Crippen molar-refractivity contribution in [2.24, 2.45) is 0 Å². The highest BCUT2D eigenvalue weighted by molar-refractivity contribution is 6.08. The first-order valence-corrected chi connectivity index (χ1v) is 13.5. The number of fused-ring (bicyclic) bond motifs is 4. The first-order valence-electron chi connectivity index (χ1n) is 13.5. The van der Waals surface area contributed by atoms with Crippen LogP contribution in [0.2, 0.25) is 0 Å². The maximum Gasteiger partial charge on any atom is 0.387 e. The number of phenolic OH excluding ortho intramolecular Hbond substituents is 1. The number of aromatic hydroxyl groups is 1. The molecule has 0 radical (unpaired) electrons. The SMILES string of the molecule is CCN(CCO)CCCN1C(=O)N2C(Cc3cccc(O)c3)c3[nH]c4ccc(OC(F)F)cc4c3C[C@@]2(C)C1=O. The zero-order chi connectivity index (χ0) is 28.6. The molecule has 214 valence electrons. The van der Waals surface area contributed by atoms with Gasteiger partial charge in [-0.05, 0) is 74.3 Å². The van der Waals surface area contributed by atoms with Crippen LogP contribution in [-0.4, -0.2) is 86.8 Å². The molecule has 9 nitrogen and oxygen atoms in total. The molecule has 2 aliphatic rings. The van der Waals surface area contributed by atoms with Crippen LogP contribution in [0.25, 0.3) is 10.9 Å². The molecular formula is C29H34F2N4O5. The highest BCUT2D eigenvalue weighted by Crippen LogP contribution is 2.48. The lowest BCUT2D eigenvalue weighted by atomic mass is 9.81. The van der Waals surface area contributed by atoms with Crippen molar-refractivity contribution in [3.8, 4) is 11.5 Å². The topological polar surface area (TPSA) is 109 Å². The van der Waals surface area contributed by atoms with Crippen molar-refractivity contribution in [1.82, 2.24) is 19.7 Å². The Morgan fingerprint density at radius 3 is 2.70 bits per heavy atom. The van der Waals surface area contributed by atoms with Gasteiger partial charge in [0.1, 0.15) is 17.0 Å². The lowest BCUT2D eigenvalue weighted by Gasteiger charge is -2.42. The molecule has 3 amide bonds. The van der Waals surface area contributed by atoms with E-state index in [1.807, 2.05) is 13.0 Å². The Kier molecular flexibility index (Phi) is 7.70. The molecule has 11 heteroatoms. The van der Waals surface area contributed by atoms with Crippen LogP contribution in [0.1, 0.15) is 43.1 Å². The zero-order valence-corrected chi connectivity index (χ0v) is 22.6. The summed E-state index contributed by atoms with van der Waals surface area (Å²) in [5, 5.41) is 20.0. The van der Waals surface area contributed by atoms with Gasteiger partial charge in [0.15, 0.2) is 0 Å². The molecule has 1 fully saturated rings. The first kappa shape index (κ1) is 27.9. The van der Waals surface area contributed by atoms with Crippen molar-refractivity contribution in [3.63, 3.8) is 0 Å². The number of nitrogens with zero attached hydrogens (tertiary/aromatic N) is 3. The third-order valence-corrected chi connectivity index (χ3v) is 8.04. The lowest BCUT2D eigenvalue weighted by Crippen LogP contribution is -2.53. The molecule has 1 saturated heterocycles. The summed E-state index contributed by atoms with van der Waals surface area (Å²) in [5.74, 6) is -0.195. The van der Waals surface area contributed by atoms with E-state index < -0.39 is 18.2 Å². The van der Waals surface area contributed by atoms with Crippen LogP contribution in [0.4, 0.5) is 13.6 Å². The number of phenols is 1. The van der Waals surface area contributed by atoms with E-state index in [9.17, 15) is 28.6 Å². The average Bonchev–Trinajstić information content (AvgIpc) is 3.35. The van der Waals surface area contributed by atoms with Crippen molar-refractivity contribution in [1.29, 1.82) is 0 Å². The first-order chi connectivity index (χ1) is 19.2. The number of aromatic nitrogens is 1. The molecule has 1 unspecified atom stereocenters. The van der Waals surface area contributed by atoms with Crippen LogP contribution in [0.15, 0.2) is 42.5 Å². The fourth-order valence-electron chi connectivity index (χ4n) is 6.15. The Labute approximate surface area is 230 Å². The number of hydrogen-bond acceptors (Lipinski definition) is 6. The van der Waals surface area contributed by atoms with Gasteiger partial charge in [-0.25, -0.2) is 4.79 Å². The third kappa shape index (κ3) is 4.99. The fourth-order valence-corrected chi connectivity index (χ4v) is 6.15. The summed E-state index contributed by atoms with van der Waals surface area (Å²) in [4.78, 5) is 36.2. The normalized spacial score (nSPS) is 20.6. The molecule has 5 rings (SSSR count). The Hall–Kier alpha value is -3.70. The minimum absolute atomic E-state index is 0.0141. The third-order valence-electron chi connectivity index (χ3n) is 8.04. The molecule has 3 aromatic rings. The molecule has 0 bridgehead atoms. The van der Waals surface area contributed by atoms with Crippen molar-refractivity contribution in [3.05, 3.63) is 59.3 Å². The molecule has 3 N–H and O–H groups in total. The second-order valence-electron chi connectivity index (χ2n) is 10.6. The number of likely N-dealkylation sites (N-methyl/N-ethyl adjacent to an activating group) is 1. The summed E-state index contributed by atoms with van der Waals surface area (Å²) in [6.07, 6.45) is 1.11. The van der Waals surface area contributed by atoms with Crippen molar-refractivity contribution < 1.29 is 33.3 Å². The number of aliphatic hydroxyl groups excluding tert-OH is 1. The molecule has 3 heterocycles.